The second-order valence-corrected chi connectivity index (χ2v) is 5.32. The number of carbonyl (C=O) groups excluding carboxylic acids is 2. The summed E-state index contributed by atoms with van der Waals surface area (Å²) in [5, 5.41) is 1.84. The second-order valence-electron chi connectivity index (χ2n) is 5.32. The average Bonchev–Trinajstić information content (AvgIpc) is 2.99. The second kappa shape index (κ2) is 8.37. The number of rotatable bonds is 9. The fourth-order valence-corrected chi connectivity index (χ4v) is 2.51. The maximum absolute atomic E-state index is 12.3. The molecule has 0 fully saturated rings. The van der Waals surface area contributed by atoms with E-state index in [0.29, 0.717) is 19.4 Å². The number of benzene rings is 1. The lowest BCUT2D eigenvalue weighted by molar-refractivity contribution is -0.143. The summed E-state index contributed by atoms with van der Waals surface area (Å²) in [6, 6.07) is 5.66. The molecule has 2 aromatic rings. The van der Waals surface area contributed by atoms with Crippen LogP contribution in [0.1, 0.15) is 55.8 Å². The Morgan fingerprint density at radius 2 is 1.82 bits per heavy atom. The van der Waals surface area contributed by atoms with E-state index in [4.69, 9.17) is 9.15 Å². The highest BCUT2D eigenvalue weighted by Crippen LogP contribution is 2.22. The van der Waals surface area contributed by atoms with Gasteiger partial charge in [-0.05, 0) is 19.8 Å². The fraction of sp³-hybridized carbons (Fsp3) is 0.444. The first kappa shape index (κ1) is 16.3. The molecular weight excluding hydrogens is 280 g/mol. The lowest BCUT2D eigenvalue weighted by Crippen LogP contribution is -2.03. The zero-order chi connectivity index (χ0) is 15.8. The lowest BCUT2D eigenvalue weighted by Gasteiger charge is -2.03. The van der Waals surface area contributed by atoms with E-state index in [1.54, 1.807) is 12.5 Å². The first-order valence-electron chi connectivity index (χ1n) is 7.86. The van der Waals surface area contributed by atoms with E-state index in [1.807, 2.05) is 25.1 Å². The van der Waals surface area contributed by atoms with Gasteiger partial charge in [-0.3, -0.25) is 9.59 Å². The predicted molar refractivity (Wildman–Crippen MR) is 84.9 cm³/mol. The molecule has 0 atom stereocenters. The van der Waals surface area contributed by atoms with Crippen molar-refractivity contribution in [3.63, 3.8) is 0 Å². The van der Waals surface area contributed by atoms with Crippen LogP contribution in [-0.2, 0) is 9.53 Å². The Morgan fingerprint density at radius 3 is 2.59 bits per heavy atom. The maximum Gasteiger partial charge on any atom is 0.305 e. The molecule has 22 heavy (non-hydrogen) atoms. The van der Waals surface area contributed by atoms with E-state index in [-0.39, 0.29) is 11.8 Å². The van der Waals surface area contributed by atoms with Crippen molar-refractivity contribution >= 4 is 22.5 Å². The van der Waals surface area contributed by atoms with E-state index in [1.165, 1.54) is 0 Å². The number of ketones is 1. The number of hydrogen-bond donors (Lipinski definition) is 0. The molecule has 1 aromatic heterocycles. The van der Waals surface area contributed by atoms with Crippen molar-refractivity contribution in [2.45, 2.75) is 45.4 Å². The van der Waals surface area contributed by atoms with Gasteiger partial charge in [0.1, 0.15) is 0 Å². The first-order valence-corrected chi connectivity index (χ1v) is 7.86. The highest BCUT2D eigenvalue weighted by Gasteiger charge is 2.10. The van der Waals surface area contributed by atoms with Crippen LogP contribution in [-0.4, -0.2) is 18.4 Å². The number of ether oxygens (including phenoxy) is 1. The zero-order valence-corrected chi connectivity index (χ0v) is 13.0. The third kappa shape index (κ3) is 4.45. The van der Waals surface area contributed by atoms with E-state index >= 15 is 0 Å². The van der Waals surface area contributed by atoms with Gasteiger partial charge in [-0.25, -0.2) is 0 Å². The molecule has 0 aliphatic rings. The SMILES string of the molecule is CCOC(=O)CCCCCCC(=O)c1cccc2cocc12. The summed E-state index contributed by atoms with van der Waals surface area (Å²) in [6.45, 7) is 2.25. The minimum Gasteiger partial charge on any atom is -0.471 e. The van der Waals surface area contributed by atoms with E-state index in [2.05, 4.69) is 0 Å². The molecule has 0 bridgehead atoms. The monoisotopic (exact) mass is 302 g/mol. The van der Waals surface area contributed by atoms with Crippen molar-refractivity contribution in [2.75, 3.05) is 6.61 Å². The smallest absolute Gasteiger partial charge is 0.305 e. The number of esters is 1. The van der Waals surface area contributed by atoms with Gasteiger partial charge in [0.2, 0.25) is 0 Å². The highest BCUT2D eigenvalue weighted by molar-refractivity contribution is 6.07. The van der Waals surface area contributed by atoms with Gasteiger partial charge in [-0.1, -0.05) is 31.0 Å². The van der Waals surface area contributed by atoms with Gasteiger partial charge in [-0.15, -0.1) is 0 Å². The van der Waals surface area contributed by atoms with Crippen LogP contribution in [0.4, 0.5) is 0 Å². The number of unbranched alkanes of at least 4 members (excludes halogenated alkanes) is 3. The summed E-state index contributed by atoms with van der Waals surface area (Å²) in [4.78, 5) is 23.4. The molecule has 4 heteroatoms. The van der Waals surface area contributed by atoms with Crippen molar-refractivity contribution < 1.29 is 18.7 Å². The van der Waals surface area contributed by atoms with Crippen LogP contribution in [0, 0.1) is 0 Å². The highest BCUT2D eigenvalue weighted by atomic mass is 16.5. The van der Waals surface area contributed by atoms with Crippen LogP contribution in [0.2, 0.25) is 0 Å². The Hall–Kier alpha value is -2.10. The summed E-state index contributed by atoms with van der Waals surface area (Å²) < 4.78 is 10.0. The molecule has 0 spiro atoms. The Kier molecular flexibility index (Phi) is 6.19. The molecule has 0 aliphatic heterocycles. The Morgan fingerprint density at radius 1 is 1.05 bits per heavy atom. The fourth-order valence-electron chi connectivity index (χ4n) is 2.51. The number of Topliss-reactive ketones (excluding diaryl/α,β-unsaturated/α-hetero) is 1. The van der Waals surface area contributed by atoms with Gasteiger partial charge in [0.05, 0.1) is 19.1 Å². The summed E-state index contributed by atoms with van der Waals surface area (Å²) in [7, 11) is 0. The maximum atomic E-state index is 12.3. The van der Waals surface area contributed by atoms with Crippen molar-refractivity contribution in [3.05, 3.63) is 36.3 Å². The molecule has 1 aromatic carbocycles. The van der Waals surface area contributed by atoms with Gasteiger partial charge in [0.25, 0.3) is 0 Å². The normalized spacial score (nSPS) is 10.8. The average molecular weight is 302 g/mol. The van der Waals surface area contributed by atoms with E-state index < -0.39 is 0 Å². The molecule has 1 heterocycles. The number of hydrogen-bond acceptors (Lipinski definition) is 4. The Labute approximate surface area is 130 Å². The van der Waals surface area contributed by atoms with Crippen molar-refractivity contribution in [1.82, 2.24) is 0 Å². The molecule has 0 saturated heterocycles. The van der Waals surface area contributed by atoms with Gasteiger partial charge in [-0.2, -0.15) is 0 Å². The quantitative estimate of drug-likeness (QED) is 0.388. The van der Waals surface area contributed by atoms with Crippen LogP contribution < -0.4 is 0 Å². The molecule has 0 N–H and O–H groups in total. The van der Waals surface area contributed by atoms with Crippen molar-refractivity contribution in [2.24, 2.45) is 0 Å². The largest absolute Gasteiger partial charge is 0.471 e. The number of furan rings is 1. The molecule has 0 radical (unpaired) electrons. The molecular formula is C18H22O4. The van der Waals surface area contributed by atoms with Gasteiger partial charge in [0.15, 0.2) is 5.78 Å². The summed E-state index contributed by atoms with van der Waals surface area (Å²) in [5.74, 6) is 0.0163. The zero-order valence-electron chi connectivity index (χ0n) is 13.0. The molecule has 0 aliphatic carbocycles. The van der Waals surface area contributed by atoms with Crippen LogP contribution >= 0.6 is 0 Å². The van der Waals surface area contributed by atoms with Crippen LogP contribution in [0.25, 0.3) is 10.8 Å². The van der Waals surface area contributed by atoms with E-state index in [9.17, 15) is 9.59 Å². The Balaban J connectivity index is 1.70. The standard InChI is InChI=1S/C18H22O4/c1-2-22-18(20)11-6-4-3-5-10-17(19)15-9-7-8-14-12-21-13-16(14)15/h7-9,12-13H,2-6,10-11H2,1H3. The predicted octanol–water partition coefficient (Wildman–Crippen LogP) is 4.52. The van der Waals surface area contributed by atoms with Crippen LogP contribution in [0.3, 0.4) is 0 Å². The molecule has 0 unspecified atom stereocenters. The third-order valence-corrected chi connectivity index (χ3v) is 3.66. The minimum absolute atomic E-state index is 0.134. The number of carbonyl (C=O) groups is 2. The van der Waals surface area contributed by atoms with Crippen LogP contribution in [0.5, 0.6) is 0 Å². The molecule has 118 valence electrons. The van der Waals surface area contributed by atoms with E-state index in [0.717, 1.165) is 42.0 Å². The molecule has 0 saturated carbocycles. The van der Waals surface area contributed by atoms with Gasteiger partial charge < -0.3 is 9.15 Å². The summed E-state index contributed by atoms with van der Waals surface area (Å²) in [5.41, 5.74) is 0.734. The van der Waals surface area contributed by atoms with Crippen molar-refractivity contribution in [1.29, 1.82) is 0 Å². The topological polar surface area (TPSA) is 56.5 Å². The lowest BCUT2D eigenvalue weighted by atomic mass is 10.0. The molecule has 2 rings (SSSR count). The summed E-state index contributed by atoms with van der Waals surface area (Å²) in [6.07, 6.45) is 7.85. The molecule has 0 amide bonds. The van der Waals surface area contributed by atoms with Crippen molar-refractivity contribution in [3.8, 4) is 0 Å². The first-order chi connectivity index (χ1) is 10.7. The third-order valence-electron chi connectivity index (χ3n) is 3.66. The van der Waals surface area contributed by atoms with Gasteiger partial charge >= 0.3 is 5.97 Å². The summed E-state index contributed by atoms with van der Waals surface area (Å²) >= 11 is 0. The van der Waals surface area contributed by atoms with Crippen LogP contribution in [0.15, 0.2) is 35.1 Å². The number of fused-ring (bicyclic) bond motifs is 1. The molecule has 4 nitrogen and oxygen atoms in total. The Bertz CT molecular complexity index is 627. The minimum atomic E-state index is -0.134. The van der Waals surface area contributed by atoms with Gasteiger partial charge in [0, 0.05) is 29.2 Å².